The van der Waals surface area contributed by atoms with Crippen molar-refractivity contribution < 1.29 is 0 Å². The molecule has 280 valence electrons. The Balaban J connectivity index is 1.15. The van der Waals surface area contributed by atoms with Gasteiger partial charge < -0.3 is 0 Å². The summed E-state index contributed by atoms with van der Waals surface area (Å²) in [6.07, 6.45) is 0. The molecular weight excluding hydrogens is 725 g/mol. The van der Waals surface area contributed by atoms with E-state index in [-0.39, 0.29) is 5.41 Å². The summed E-state index contributed by atoms with van der Waals surface area (Å²) < 4.78 is 2.30. The van der Waals surface area contributed by atoms with Crippen molar-refractivity contribution in [1.82, 2.24) is 9.55 Å². The van der Waals surface area contributed by atoms with E-state index >= 15 is 0 Å². The SMILES string of the molecule is CC1(C)c2ccccc2-c2cc3c(-c4cccc(-c5nc6ccccc6n5-c5ccccc5)c4)c4ccccc4c(-c4ccc5ccc6cccc7ccc4c5c67)c3cc21. The highest BCUT2D eigenvalue weighted by Crippen LogP contribution is 2.54. The zero-order valence-electron chi connectivity index (χ0n) is 33.4. The molecule has 2 nitrogen and oxygen atoms in total. The topological polar surface area (TPSA) is 17.8 Å². The van der Waals surface area contributed by atoms with Gasteiger partial charge >= 0.3 is 0 Å². The first kappa shape index (κ1) is 33.4. The minimum atomic E-state index is -0.151. The number of rotatable bonds is 4. The number of aromatic nitrogens is 2. The van der Waals surface area contributed by atoms with Gasteiger partial charge in [0.15, 0.2) is 0 Å². The lowest BCUT2D eigenvalue weighted by atomic mass is 9.79. The number of fused-ring (bicyclic) bond motifs is 6. The van der Waals surface area contributed by atoms with Crippen molar-refractivity contribution in [2.45, 2.75) is 19.3 Å². The third kappa shape index (κ3) is 4.56. The van der Waals surface area contributed by atoms with E-state index in [0.29, 0.717) is 0 Å². The molecule has 1 aliphatic carbocycles. The molecule has 0 N–H and O–H groups in total. The molecular formula is C58H38N2. The second-order valence-corrected chi connectivity index (χ2v) is 17.1. The lowest BCUT2D eigenvalue weighted by molar-refractivity contribution is 0.661. The van der Waals surface area contributed by atoms with Gasteiger partial charge in [-0.05, 0) is 141 Å². The molecule has 12 aromatic rings. The van der Waals surface area contributed by atoms with E-state index in [9.17, 15) is 0 Å². The van der Waals surface area contributed by atoms with Crippen LogP contribution in [0.25, 0.3) is 115 Å². The van der Waals surface area contributed by atoms with Crippen LogP contribution >= 0.6 is 0 Å². The lowest BCUT2D eigenvalue weighted by Gasteiger charge is -2.24. The maximum Gasteiger partial charge on any atom is 0.145 e. The Hall–Kier alpha value is -7.55. The monoisotopic (exact) mass is 762 g/mol. The Morgan fingerprint density at radius 3 is 1.90 bits per heavy atom. The molecule has 0 saturated heterocycles. The third-order valence-electron chi connectivity index (χ3n) is 13.5. The maximum absolute atomic E-state index is 5.29. The molecule has 13 rings (SSSR count). The summed E-state index contributed by atoms with van der Waals surface area (Å²) >= 11 is 0. The number of benzene rings is 11. The van der Waals surface area contributed by atoms with Crippen LogP contribution in [0.2, 0.25) is 0 Å². The van der Waals surface area contributed by atoms with Crippen molar-refractivity contribution >= 4 is 64.9 Å². The summed E-state index contributed by atoms with van der Waals surface area (Å²) in [5.41, 5.74) is 14.5. The van der Waals surface area contributed by atoms with Gasteiger partial charge in [0.2, 0.25) is 0 Å². The second-order valence-electron chi connectivity index (χ2n) is 17.1. The van der Waals surface area contributed by atoms with Gasteiger partial charge in [-0.15, -0.1) is 0 Å². The predicted molar refractivity (Wildman–Crippen MR) is 254 cm³/mol. The molecule has 2 heteroatoms. The maximum atomic E-state index is 5.29. The Bertz CT molecular complexity index is 3720. The fourth-order valence-corrected chi connectivity index (χ4v) is 10.8. The van der Waals surface area contributed by atoms with Gasteiger partial charge in [-0.1, -0.05) is 166 Å². The third-order valence-corrected chi connectivity index (χ3v) is 13.5. The molecule has 1 heterocycles. The highest BCUT2D eigenvalue weighted by Gasteiger charge is 2.36. The van der Waals surface area contributed by atoms with Crippen LogP contribution in [-0.2, 0) is 5.41 Å². The minimum Gasteiger partial charge on any atom is -0.292 e. The Morgan fingerprint density at radius 2 is 1.05 bits per heavy atom. The van der Waals surface area contributed by atoms with Gasteiger partial charge in [-0.2, -0.15) is 0 Å². The van der Waals surface area contributed by atoms with E-state index < -0.39 is 0 Å². The molecule has 1 aliphatic rings. The van der Waals surface area contributed by atoms with Gasteiger partial charge in [0.25, 0.3) is 0 Å². The molecule has 60 heavy (non-hydrogen) atoms. The standard InChI is InChI=1S/C58H38N2/c1-58(2)49-23-9-8-20-41(49)46-33-47-48(34-50(46)58)56(45-31-29-37-27-26-35-14-12-15-36-28-30-44(45)55(37)53(35)36)43-22-7-6-21-42(43)54(47)38-16-13-17-39(32-38)57-59-51-24-10-11-25-52(51)60(57)40-18-4-3-5-19-40/h3-34H,1-2H3. The van der Waals surface area contributed by atoms with E-state index in [1.165, 1.54) is 98.4 Å². The quantitative estimate of drug-likeness (QED) is 0.129. The molecule has 0 amide bonds. The molecule has 0 atom stereocenters. The first-order chi connectivity index (χ1) is 29.5. The molecule has 0 aliphatic heterocycles. The number of imidazole rings is 1. The molecule has 1 aromatic heterocycles. The number of para-hydroxylation sites is 3. The first-order valence-electron chi connectivity index (χ1n) is 21.0. The van der Waals surface area contributed by atoms with Gasteiger partial charge in [-0.25, -0.2) is 4.98 Å². The number of nitrogens with zero attached hydrogens (tertiary/aromatic N) is 2. The average molecular weight is 763 g/mol. The minimum absolute atomic E-state index is 0.151. The zero-order chi connectivity index (χ0) is 39.7. The predicted octanol–water partition coefficient (Wildman–Crippen LogP) is 15.5. The average Bonchev–Trinajstić information content (AvgIpc) is 3.79. The Labute approximate surface area is 348 Å². The molecule has 0 unspecified atom stereocenters. The Kier molecular flexibility index (Phi) is 6.82. The highest BCUT2D eigenvalue weighted by molar-refractivity contribution is 6.29. The van der Waals surface area contributed by atoms with E-state index in [1.807, 2.05) is 0 Å². The van der Waals surface area contributed by atoms with E-state index in [0.717, 1.165) is 28.1 Å². The van der Waals surface area contributed by atoms with Gasteiger partial charge in [0.05, 0.1) is 11.0 Å². The van der Waals surface area contributed by atoms with Gasteiger partial charge in [-0.3, -0.25) is 4.57 Å². The summed E-state index contributed by atoms with van der Waals surface area (Å²) in [5, 5.41) is 12.9. The van der Waals surface area contributed by atoms with E-state index in [4.69, 9.17) is 4.98 Å². The van der Waals surface area contributed by atoms with Crippen LogP contribution in [-0.4, -0.2) is 9.55 Å². The number of hydrogen-bond acceptors (Lipinski definition) is 1. The zero-order valence-corrected chi connectivity index (χ0v) is 33.4. The van der Waals surface area contributed by atoms with Crippen LogP contribution < -0.4 is 0 Å². The van der Waals surface area contributed by atoms with Crippen LogP contribution in [0, 0.1) is 0 Å². The van der Waals surface area contributed by atoms with Crippen LogP contribution in [0.15, 0.2) is 194 Å². The fraction of sp³-hybridized carbons (Fsp3) is 0.0517. The molecule has 0 radical (unpaired) electrons. The summed E-state index contributed by atoms with van der Waals surface area (Å²) in [6, 6.07) is 71.9. The molecule has 11 aromatic carbocycles. The highest BCUT2D eigenvalue weighted by atomic mass is 15.1. The van der Waals surface area contributed by atoms with E-state index in [2.05, 4.69) is 213 Å². The van der Waals surface area contributed by atoms with Gasteiger partial charge in [0.1, 0.15) is 5.82 Å². The van der Waals surface area contributed by atoms with Crippen molar-refractivity contribution in [3.63, 3.8) is 0 Å². The summed E-state index contributed by atoms with van der Waals surface area (Å²) in [6.45, 7) is 4.78. The van der Waals surface area contributed by atoms with Crippen LogP contribution in [0.3, 0.4) is 0 Å². The molecule has 0 bridgehead atoms. The summed E-state index contributed by atoms with van der Waals surface area (Å²) in [4.78, 5) is 5.29. The van der Waals surface area contributed by atoms with Crippen LogP contribution in [0.5, 0.6) is 0 Å². The number of hydrogen-bond donors (Lipinski definition) is 0. The van der Waals surface area contributed by atoms with Crippen molar-refractivity contribution in [2.24, 2.45) is 0 Å². The van der Waals surface area contributed by atoms with Crippen molar-refractivity contribution in [3.05, 3.63) is 205 Å². The van der Waals surface area contributed by atoms with Gasteiger partial charge in [0, 0.05) is 16.7 Å². The second kappa shape index (κ2) is 12.2. The normalized spacial score (nSPS) is 13.3. The summed E-state index contributed by atoms with van der Waals surface area (Å²) in [7, 11) is 0. The fourth-order valence-electron chi connectivity index (χ4n) is 10.8. The van der Waals surface area contributed by atoms with Crippen molar-refractivity contribution in [2.75, 3.05) is 0 Å². The Morgan fingerprint density at radius 1 is 0.400 bits per heavy atom. The molecule has 0 saturated carbocycles. The van der Waals surface area contributed by atoms with Crippen LogP contribution in [0.4, 0.5) is 0 Å². The largest absolute Gasteiger partial charge is 0.292 e. The molecule has 0 spiro atoms. The van der Waals surface area contributed by atoms with Crippen LogP contribution in [0.1, 0.15) is 25.0 Å². The van der Waals surface area contributed by atoms with Crippen molar-refractivity contribution in [3.8, 4) is 50.5 Å². The van der Waals surface area contributed by atoms with Crippen molar-refractivity contribution in [1.29, 1.82) is 0 Å². The van der Waals surface area contributed by atoms with E-state index in [1.54, 1.807) is 0 Å². The molecule has 0 fully saturated rings. The smallest absolute Gasteiger partial charge is 0.145 e. The first-order valence-corrected chi connectivity index (χ1v) is 21.0. The summed E-state index contributed by atoms with van der Waals surface area (Å²) in [5.74, 6) is 0.930. The lowest BCUT2D eigenvalue weighted by Crippen LogP contribution is -2.14.